The Morgan fingerprint density at radius 3 is 2.71 bits per heavy atom. The Bertz CT molecular complexity index is 1270. The van der Waals surface area contributed by atoms with Crippen LogP contribution < -0.4 is 10.1 Å². The first kappa shape index (κ1) is 22.8. The molecule has 1 N–H and O–H groups in total. The number of esters is 1. The third-order valence-electron chi connectivity index (χ3n) is 6.36. The minimum Gasteiger partial charge on any atom is -0.459 e. The average molecular weight is 532 g/mol. The number of nitrogens with one attached hydrogen (secondary N) is 1. The Balaban J connectivity index is 1.68. The predicted octanol–water partition coefficient (Wildman–Crippen LogP) is 6.57. The van der Waals surface area contributed by atoms with Crippen molar-refractivity contribution < 1.29 is 23.0 Å². The standard InChI is InChI=1S/C25H24BrF2N3O3/c1-14-21(23(32)33-16-7-3-2-4-8-16)22(17-13-15(26)11-12-20(17)34-24(27)28)31-19-10-6-5-9-18(19)30-25(31)29-14/h5-6,9-13,16,22,24H,2-4,7-8H2,1H3,(H,29,30)/t22-/m0/s1. The molecule has 1 saturated carbocycles. The van der Waals surface area contributed by atoms with Crippen LogP contribution in [0.25, 0.3) is 11.0 Å². The highest BCUT2D eigenvalue weighted by atomic mass is 79.9. The summed E-state index contributed by atoms with van der Waals surface area (Å²) in [7, 11) is 0. The van der Waals surface area contributed by atoms with Gasteiger partial charge in [0.25, 0.3) is 0 Å². The number of benzene rings is 2. The van der Waals surface area contributed by atoms with Gasteiger partial charge in [0.2, 0.25) is 5.95 Å². The number of allylic oxidation sites excluding steroid dienone is 1. The summed E-state index contributed by atoms with van der Waals surface area (Å²) in [6.45, 7) is -1.23. The largest absolute Gasteiger partial charge is 0.459 e. The number of aromatic nitrogens is 2. The van der Waals surface area contributed by atoms with E-state index in [0.717, 1.165) is 43.1 Å². The second-order valence-corrected chi connectivity index (χ2v) is 9.50. The monoisotopic (exact) mass is 531 g/mol. The third-order valence-corrected chi connectivity index (χ3v) is 6.85. The first-order chi connectivity index (χ1) is 16.4. The van der Waals surface area contributed by atoms with Gasteiger partial charge in [-0.05, 0) is 62.9 Å². The van der Waals surface area contributed by atoms with Crippen LogP contribution in [0.2, 0.25) is 0 Å². The first-order valence-corrected chi connectivity index (χ1v) is 12.1. The molecule has 34 heavy (non-hydrogen) atoms. The molecule has 2 heterocycles. The topological polar surface area (TPSA) is 65.4 Å². The van der Waals surface area contributed by atoms with Crippen LogP contribution in [0, 0.1) is 0 Å². The van der Waals surface area contributed by atoms with Crippen molar-refractivity contribution in [3.63, 3.8) is 0 Å². The van der Waals surface area contributed by atoms with Gasteiger partial charge in [0.1, 0.15) is 11.9 Å². The van der Waals surface area contributed by atoms with Gasteiger partial charge in [-0.1, -0.05) is 34.5 Å². The second kappa shape index (κ2) is 9.37. The van der Waals surface area contributed by atoms with E-state index in [9.17, 15) is 13.6 Å². The van der Waals surface area contributed by atoms with E-state index in [1.807, 2.05) is 28.8 Å². The highest BCUT2D eigenvalue weighted by Gasteiger charge is 2.38. The van der Waals surface area contributed by atoms with Crippen molar-refractivity contribution in [2.45, 2.75) is 57.8 Å². The summed E-state index contributed by atoms with van der Waals surface area (Å²) in [5.41, 5.74) is 2.80. The highest BCUT2D eigenvalue weighted by Crippen LogP contribution is 2.44. The number of anilines is 1. The molecule has 6 nitrogen and oxygen atoms in total. The number of hydrogen-bond acceptors (Lipinski definition) is 5. The fraction of sp³-hybridized carbons (Fsp3) is 0.360. The van der Waals surface area contributed by atoms with E-state index in [4.69, 9.17) is 9.47 Å². The van der Waals surface area contributed by atoms with Crippen molar-refractivity contribution in [3.05, 3.63) is 63.8 Å². The van der Waals surface area contributed by atoms with Gasteiger partial charge in [-0.15, -0.1) is 0 Å². The molecular formula is C25H24BrF2N3O3. The lowest BCUT2D eigenvalue weighted by Crippen LogP contribution is -2.31. The number of fused-ring (bicyclic) bond motifs is 3. The lowest BCUT2D eigenvalue weighted by molar-refractivity contribution is -0.146. The molecule has 1 aromatic heterocycles. The molecule has 0 saturated heterocycles. The average Bonchev–Trinajstić information content (AvgIpc) is 3.17. The van der Waals surface area contributed by atoms with Crippen molar-refractivity contribution in [2.24, 2.45) is 0 Å². The fourth-order valence-corrected chi connectivity index (χ4v) is 5.24. The van der Waals surface area contributed by atoms with Gasteiger partial charge in [-0.2, -0.15) is 8.78 Å². The zero-order valence-electron chi connectivity index (χ0n) is 18.6. The maximum absolute atomic E-state index is 13.6. The number of alkyl halides is 2. The van der Waals surface area contributed by atoms with Crippen molar-refractivity contribution in [2.75, 3.05) is 5.32 Å². The summed E-state index contributed by atoms with van der Waals surface area (Å²) >= 11 is 3.45. The van der Waals surface area contributed by atoms with Gasteiger partial charge in [0.15, 0.2) is 0 Å². The van der Waals surface area contributed by atoms with Crippen LogP contribution in [-0.4, -0.2) is 28.2 Å². The molecule has 0 amide bonds. The van der Waals surface area contributed by atoms with Crippen LogP contribution in [0.5, 0.6) is 5.75 Å². The van der Waals surface area contributed by atoms with E-state index in [1.165, 1.54) is 6.07 Å². The van der Waals surface area contributed by atoms with Crippen LogP contribution in [0.3, 0.4) is 0 Å². The third kappa shape index (κ3) is 4.29. The predicted molar refractivity (Wildman–Crippen MR) is 128 cm³/mol. The van der Waals surface area contributed by atoms with E-state index >= 15 is 0 Å². The molecule has 9 heteroatoms. The lowest BCUT2D eigenvalue weighted by Gasteiger charge is -2.32. The minimum atomic E-state index is -3.01. The smallest absolute Gasteiger partial charge is 0.387 e. The van der Waals surface area contributed by atoms with Crippen LogP contribution in [0.15, 0.2) is 58.2 Å². The summed E-state index contributed by atoms with van der Waals surface area (Å²) in [6, 6.07) is 11.5. The maximum atomic E-state index is 13.6. The van der Waals surface area contributed by atoms with E-state index < -0.39 is 18.6 Å². The van der Waals surface area contributed by atoms with Crippen LogP contribution in [0.4, 0.5) is 14.7 Å². The maximum Gasteiger partial charge on any atom is 0.387 e. The molecular weight excluding hydrogens is 508 g/mol. The quantitative estimate of drug-likeness (QED) is 0.377. The Morgan fingerprint density at radius 1 is 1.18 bits per heavy atom. The van der Waals surface area contributed by atoms with Crippen molar-refractivity contribution in [3.8, 4) is 5.75 Å². The van der Waals surface area contributed by atoms with Crippen molar-refractivity contribution >= 4 is 38.9 Å². The van der Waals surface area contributed by atoms with E-state index in [1.54, 1.807) is 19.1 Å². The van der Waals surface area contributed by atoms with Gasteiger partial charge in [0.05, 0.1) is 22.6 Å². The van der Waals surface area contributed by atoms with Crippen LogP contribution in [0.1, 0.15) is 50.6 Å². The Morgan fingerprint density at radius 2 is 1.94 bits per heavy atom. The molecule has 1 atom stereocenters. The number of carbonyl (C=O) groups is 1. The van der Waals surface area contributed by atoms with Crippen LogP contribution >= 0.6 is 15.9 Å². The van der Waals surface area contributed by atoms with Gasteiger partial charge in [0, 0.05) is 15.7 Å². The van der Waals surface area contributed by atoms with E-state index in [2.05, 4.69) is 26.2 Å². The SMILES string of the molecule is CC1=C(C(=O)OC2CCCCC2)[C@H](c2cc(Br)ccc2OC(F)F)n2c(nc3ccccc32)N1. The normalized spacial score (nSPS) is 18.7. The zero-order chi connectivity index (χ0) is 23.8. The second-order valence-electron chi connectivity index (χ2n) is 8.59. The molecule has 0 unspecified atom stereocenters. The highest BCUT2D eigenvalue weighted by molar-refractivity contribution is 9.10. The molecule has 178 valence electrons. The summed E-state index contributed by atoms with van der Waals surface area (Å²) in [5.74, 6) is 0.0405. The zero-order valence-corrected chi connectivity index (χ0v) is 20.1. The number of hydrogen-bond donors (Lipinski definition) is 1. The molecule has 0 bridgehead atoms. The molecule has 5 rings (SSSR count). The number of para-hydroxylation sites is 2. The van der Waals surface area contributed by atoms with Crippen molar-refractivity contribution in [1.82, 2.24) is 9.55 Å². The summed E-state index contributed by atoms with van der Waals surface area (Å²) in [5, 5.41) is 3.22. The first-order valence-electron chi connectivity index (χ1n) is 11.3. The molecule has 2 aromatic carbocycles. The molecule has 1 aliphatic heterocycles. The lowest BCUT2D eigenvalue weighted by atomic mass is 9.93. The molecule has 1 fully saturated rings. The molecule has 3 aromatic rings. The van der Waals surface area contributed by atoms with Gasteiger partial charge in [-0.3, -0.25) is 4.57 Å². The fourth-order valence-electron chi connectivity index (χ4n) is 4.86. The number of halogens is 3. The summed E-state index contributed by atoms with van der Waals surface area (Å²) in [4.78, 5) is 18.3. The molecule has 2 aliphatic rings. The van der Waals surface area contributed by atoms with E-state index in [-0.39, 0.29) is 11.9 Å². The Hall–Kier alpha value is -2.94. The summed E-state index contributed by atoms with van der Waals surface area (Å²) in [6.07, 6.45) is 4.68. The Labute approximate surface area is 204 Å². The van der Waals surface area contributed by atoms with Crippen LogP contribution in [-0.2, 0) is 9.53 Å². The molecule has 1 aliphatic carbocycles. The number of ether oxygens (including phenoxy) is 2. The number of imidazole rings is 1. The number of rotatable bonds is 5. The minimum absolute atomic E-state index is 0.00963. The van der Waals surface area contributed by atoms with Crippen molar-refractivity contribution in [1.29, 1.82) is 0 Å². The van der Waals surface area contributed by atoms with E-state index in [0.29, 0.717) is 27.3 Å². The van der Waals surface area contributed by atoms with Gasteiger partial charge < -0.3 is 14.8 Å². The Kier molecular flexibility index (Phi) is 6.29. The summed E-state index contributed by atoms with van der Waals surface area (Å²) < 4.78 is 40.0. The number of nitrogens with zero attached hydrogens (tertiary/aromatic N) is 2. The number of carbonyl (C=O) groups excluding carboxylic acids is 1. The van der Waals surface area contributed by atoms with Gasteiger partial charge in [-0.25, -0.2) is 9.78 Å². The van der Waals surface area contributed by atoms with Gasteiger partial charge >= 0.3 is 12.6 Å². The molecule has 0 radical (unpaired) electrons. The molecule has 0 spiro atoms.